The summed E-state index contributed by atoms with van der Waals surface area (Å²) in [7, 11) is 0. The van der Waals surface area contributed by atoms with Gasteiger partial charge < -0.3 is 10.1 Å². The van der Waals surface area contributed by atoms with Crippen molar-refractivity contribution in [1.29, 1.82) is 0 Å². The van der Waals surface area contributed by atoms with Gasteiger partial charge >= 0.3 is 0 Å². The van der Waals surface area contributed by atoms with E-state index in [1.165, 1.54) is 6.92 Å². The first-order chi connectivity index (χ1) is 13.0. The zero-order valence-corrected chi connectivity index (χ0v) is 15.5. The average molecular weight is 390 g/mol. The molecule has 0 fully saturated rings. The Hall–Kier alpha value is -3.06. The van der Waals surface area contributed by atoms with Gasteiger partial charge in [0.1, 0.15) is 5.75 Å². The second kappa shape index (κ2) is 10.2. The molecule has 0 aromatic heterocycles. The number of rotatable bonds is 7. The molecule has 0 saturated heterocycles. The predicted octanol–water partition coefficient (Wildman–Crippen LogP) is 2.67. The van der Waals surface area contributed by atoms with E-state index >= 15 is 0 Å². The van der Waals surface area contributed by atoms with Gasteiger partial charge in [-0.15, -0.1) is 0 Å². The Morgan fingerprint density at radius 2 is 1.56 bits per heavy atom. The number of para-hydroxylation sites is 2. The smallest absolute Gasteiger partial charge is 0.279 e. The van der Waals surface area contributed by atoms with Crippen molar-refractivity contribution in [2.24, 2.45) is 0 Å². The van der Waals surface area contributed by atoms with Crippen LogP contribution in [0.15, 0.2) is 54.6 Å². The monoisotopic (exact) mass is 389 g/mol. The highest BCUT2D eigenvalue weighted by Gasteiger charge is 2.17. The van der Waals surface area contributed by atoms with Crippen molar-refractivity contribution in [2.75, 3.05) is 5.32 Å². The van der Waals surface area contributed by atoms with Gasteiger partial charge in [0.05, 0.1) is 5.02 Å². The summed E-state index contributed by atoms with van der Waals surface area (Å²) in [6.45, 7) is 1.53. The van der Waals surface area contributed by atoms with Crippen LogP contribution in [0, 0.1) is 0 Å². The number of ether oxygens (including phenoxy) is 1. The number of anilines is 1. The minimum Gasteiger partial charge on any atom is -0.479 e. The summed E-state index contributed by atoms with van der Waals surface area (Å²) in [6.07, 6.45) is -0.951. The molecule has 3 amide bonds. The minimum atomic E-state index is -0.869. The fraction of sp³-hybridized carbons (Fsp3) is 0.211. The highest BCUT2D eigenvalue weighted by Crippen LogP contribution is 2.24. The summed E-state index contributed by atoms with van der Waals surface area (Å²) in [5.41, 5.74) is 5.16. The van der Waals surface area contributed by atoms with E-state index in [2.05, 4.69) is 16.2 Å². The minimum absolute atomic E-state index is 0.0116. The normalized spacial score (nSPS) is 11.2. The van der Waals surface area contributed by atoms with Crippen LogP contribution in [0.3, 0.4) is 0 Å². The molecule has 27 heavy (non-hydrogen) atoms. The van der Waals surface area contributed by atoms with Gasteiger partial charge in [-0.3, -0.25) is 25.2 Å². The summed E-state index contributed by atoms with van der Waals surface area (Å²) in [6, 6.07) is 15.7. The topological polar surface area (TPSA) is 96.5 Å². The Labute approximate surface area is 162 Å². The van der Waals surface area contributed by atoms with Crippen molar-refractivity contribution in [2.45, 2.75) is 25.9 Å². The second-order valence-electron chi connectivity index (χ2n) is 5.64. The van der Waals surface area contributed by atoms with Gasteiger partial charge in [-0.25, -0.2) is 0 Å². The Balaban J connectivity index is 1.69. The van der Waals surface area contributed by atoms with Crippen LogP contribution < -0.4 is 20.9 Å². The first-order valence-electron chi connectivity index (χ1n) is 8.30. The summed E-state index contributed by atoms with van der Waals surface area (Å²) in [5.74, 6) is -0.961. The Kier molecular flexibility index (Phi) is 7.63. The van der Waals surface area contributed by atoms with Gasteiger partial charge in [0.15, 0.2) is 6.10 Å². The van der Waals surface area contributed by atoms with Gasteiger partial charge in [0, 0.05) is 18.5 Å². The van der Waals surface area contributed by atoms with Gasteiger partial charge in [0.2, 0.25) is 11.8 Å². The average Bonchev–Trinajstić information content (AvgIpc) is 2.67. The molecule has 1 unspecified atom stereocenters. The van der Waals surface area contributed by atoms with Crippen LogP contribution in [-0.4, -0.2) is 23.8 Å². The molecule has 0 aliphatic rings. The van der Waals surface area contributed by atoms with E-state index in [4.69, 9.17) is 16.3 Å². The maximum absolute atomic E-state index is 12.0. The van der Waals surface area contributed by atoms with Crippen molar-refractivity contribution in [3.63, 3.8) is 0 Å². The molecule has 8 heteroatoms. The number of benzene rings is 2. The van der Waals surface area contributed by atoms with E-state index < -0.39 is 17.9 Å². The zero-order chi connectivity index (χ0) is 19.6. The Morgan fingerprint density at radius 3 is 2.26 bits per heavy atom. The second-order valence-corrected chi connectivity index (χ2v) is 6.05. The van der Waals surface area contributed by atoms with Crippen LogP contribution in [0.4, 0.5) is 5.69 Å². The lowest BCUT2D eigenvalue weighted by Crippen LogP contribution is -2.47. The van der Waals surface area contributed by atoms with Gasteiger partial charge in [-0.2, -0.15) is 0 Å². The molecule has 2 rings (SSSR count). The fourth-order valence-corrected chi connectivity index (χ4v) is 2.23. The van der Waals surface area contributed by atoms with Crippen LogP contribution >= 0.6 is 11.6 Å². The lowest BCUT2D eigenvalue weighted by molar-refractivity contribution is -0.133. The van der Waals surface area contributed by atoms with Crippen LogP contribution in [0.1, 0.15) is 19.8 Å². The van der Waals surface area contributed by atoms with Crippen molar-refractivity contribution < 1.29 is 19.1 Å². The Bertz CT molecular complexity index is 799. The number of halogens is 1. The number of carbonyl (C=O) groups excluding carboxylic acids is 3. The molecule has 0 bridgehead atoms. The maximum Gasteiger partial charge on any atom is 0.279 e. The molecule has 7 nitrogen and oxygen atoms in total. The highest BCUT2D eigenvalue weighted by molar-refractivity contribution is 6.32. The predicted molar refractivity (Wildman–Crippen MR) is 102 cm³/mol. The molecule has 142 valence electrons. The van der Waals surface area contributed by atoms with Crippen molar-refractivity contribution >= 4 is 35.0 Å². The quantitative estimate of drug-likeness (QED) is 0.634. The van der Waals surface area contributed by atoms with Gasteiger partial charge in [0.25, 0.3) is 5.91 Å². The van der Waals surface area contributed by atoms with Crippen molar-refractivity contribution in [3.8, 4) is 5.75 Å². The van der Waals surface area contributed by atoms with E-state index in [0.29, 0.717) is 16.5 Å². The third-order valence-corrected chi connectivity index (χ3v) is 3.78. The number of nitrogens with one attached hydrogen (secondary N) is 3. The zero-order valence-electron chi connectivity index (χ0n) is 14.7. The first kappa shape index (κ1) is 20.3. The molecule has 0 radical (unpaired) electrons. The molecule has 3 N–H and O–H groups in total. The number of hydrogen-bond acceptors (Lipinski definition) is 4. The molecule has 0 spiro atoms. The van der Waals surface area contributed by atoms with E-state index in [-0.39, 0.29) is 18.7 Å². The maximum atomic E-state index is 12.0. The molecular weight excluding hydrogens is 370 g/mol. The van der Waals surface area contributed by atoms with Crippen molar-refractivity contribution in [1.82, 2.24) is 10.9 Å². The van der Waals surface area contributed by atoms with E-state index in [0.717, 1.165) is 0 Å². The third kappa shape index (κ3) is 6.99. The van der Waals surface area contributed by atoms with E-state index in [1.807, 2.05) is 6.07 Å². The first-order valence-corrected chi connectivity index (χ1v) is 8.68. The number of amides is 3. The Morgan fingerprint density at radius 1 is 0.926 bits per heavy atom. The molecule has 0 aliphatic carbocycles. The number of carbonyl (C=O) groups is 3. The largest absolute Gasteiger partial charge is 0.479 e. The standard InChI is InChI=1S/C19H20ClN3O4/c1-13(27-16-10-6-5-9-15(16)20)19(26)23-22-18(25)12-11-17(24)21-14-7-3-2-4-8-14/h2-10,13H,11-12H2,1H3,(H,21,24)(H,22,25)(H,23,26). The number of hydrogen-bond donors (Lipinski definition) is 3. The number of hydrazine groups is 1. The molecule has 1 atom stereocenters. The highest BCUT2D eigenvalue weighted by atomic mass is 35.5. The molecule has 0 saturated carbocycles. The summed E-state index contributed by atoms with van der Waals surface area (Å²) < 4.78 is 5.44. The van der Waals surface area contributed by atoms with Crippen LogP contribution in [-0.2, 0) is 14.4 Å². The van der Waals surface area contributed by atoms with E-state index in [1.54, 1.807) is 48.5 Å². The van der Waals surface area contributed by atoms with Crippen LogP contribution in [0.25, 0.3) is 0 Å². The molecule has 2 aromatic carbocycles. The van der Waals surface area contributed by atoms with Crippen LogP contribution in [0.2, 0.25) is 5.02 Å². The SMILES string of the molecule is CC(Oc1ccccc1Cl)C(=O)NNC(=O)CCC(=O)Nc1ccccc1. The lowest BCUT2D eigenvalue weighted by atomic mass is 10.2. The van der Waals surface area contributed by atoms with Crippen LogP contribution in [0.5, 0.6) is 5.75 Å². The molecular formula is C19H20ClN3O4. The van der Waals surface area contributed by atoms with E-state index in [9.17, 15) is 14.4 Å². The lowest BCUT2D eigenvalue weighted by Gasteiger charge is -2.15. The summed E-state index contributed by atoms with van der Waals surface area (Å²) in [5, 5.41) is 3.05. The van der Waals surface area contributed by atoms with Crippen molar-refractivity contribution in [3.05, 3.63) is 59.6 Å². The summed E-state index contributed by atoms with van der Waals surface area (Å²) in [4.78, 5) is 35.5. The molecule has 0 heterocycles. The fourth-order valence-electron chi connectivity index (χ4n) is 2.05. The summed E-state index contributed by atoms with van der Waals surface area (Å²) >= 11 is 5.97. The third-order valence-electron chi connectivity index (χ3n) is 3.47. The molecule has 2 aromatic rings. The molecule has 0 aliphatic heterocycles. The van der Waals surface area contributed by atoms with Gasteiger partial charge in [-0.1, -0.05) is 41.9 Å². The van der Waals surface area contributed by atoms with Gasteiger partial charge in [-0.05, 0) is 31.2 Å².